The van der Waals surface area contributed by atoms with E-state index in [4.69, 9.17) is 5.73 Å². The van der Waals surface area contributed by atoms with Gasteiger partial charge in [0.15, 0.2) is 0 Å². The molecule has 5 heterocycles. The van der Waals surface area contributed by atoms with Crippen molar-refractivity contribution in [2.45, 2.75) is 0 Å². The van der Waals surface area contributed by atoms with Crippen LogP contribution in [0.5, 0.6) is 0 Å². The van der Waals surface area contributed by atoms with Crippen molar-refractivity contribution in [3.05, 3.63) is 94.7 Å². The molecule has 0 saturated heterocycles. The maximum atomic E-state index is 12.6. The topological polar surface area (TPSA) is 73.5 Å². The van der Waals surface area contributed by atoms with E-state index in [1.807, 2.05) is 13.5 Å². The summed E-state index contributed by atoms with van der Waals surface area (Å²) in [5.41, 5.74) is 6.39. The third kappa shape index (κ3) is 7.52. The van der Waals surface area contributed by atoms with E-state index in [9.17, 15) is 13.2 Å². The predicted molar refractivity (Wildman–Crippen MR) is 127 cm³/mol. The van der Waals surface area contributed by atoms with Crippen molar-refractivity contribution in [2.24, 2.45) is 0 Å². The van der Waals surface area contributed by atoms with Gasteiger partial charge in [-0.2, -0.15) is 9.12 Å². The molecule has 6 nitrogen and oxygen atoms in total. The molecule has 0 aliphatic rings. The zero-order chi connectivity index (χ0) is 22.8. The summed E-state index contributed by atoms with van der Waals surface area (Å²) < 4.78 is 41.7. The van der Waals surface area contributed by atoms with Gasteiger partial charge < -0.3 is 10.1 Å². The van der Waals surface area contributed by atoms with E-state index in [0.29, 0.717) is 11.3 Å². The Morgan fingerprint density at radius 2 is 1.45 bits per heavy atom. The summed E-state index contributed by atoms with van der Waals surface area (Å²) in [6.45, 7) is 0. The molecule has 1 unspecified atom stereocenters. The molecule has 5 aromatic heterocycles. The number of rotatable bonds is 0. The zero-order valence-corrected chi connectivity index (χ0v) is 19.2. The van der Waals surface area contributed by atoms with E-state index in [2.05, 4.69) is 45.1 Å². The predicted octanol–water partition coefficient (Wildman–Crippen LogP) is 4.30. The van der Waals surface area contributed by atoms with E-state index in [-0.39, 0.29) is 23.3 Å². The fourth-order valence-electron chi connectivity index (χ4n) is 2.23. The van der Waals surface area contributed by atoms with Crippen LogP contribution in [0.1, 0.15) is 0 Å². The molecule has 5 rings (SSSR count). The lowest BCUT2D eigenvalue weighted by Crippen LogP contribution is -1.88. The lowest BCUT2D eigenvalue weighted by molar-refractivity contribution is 0.626. The van der Waals surface area contributed by atoms with Gasteiger partial charge in [-0.05, 0) is 40.8 Å². The zero-order valence-electron chi connectivity index (χ0n) is 15.9. The number of nitrogens with zero attached hydrogens (tertiary/aromatic N) is 5. The quantitative estimate of drug-likeness (QED) is 0.176. The third-order valence-corrected chi connectivity index (χ3v) is 4.33. The molecular formula is C19H16BF3IN6P. The van der Waals surface area contributed by atoms with Crippen molar-refractivity contribution in [3.8, 4) is 0 Å². The molecule has 12 heteroatoms. The van der Waals surface area contributed by atoms with Crippen molar-refractivity contribution in [1.29, 1.82) is 0 Å². The van der Waals surface area contributed by atoms with Gasteiger partial charge in [-0.1, -0.05) is 0 Å². The first-order valence-corrected chi connectivity index (χ1v) is 10.2. The molecule has 0 bridgehead atoms. The Morgan fingerprint density at radius 3 is 2.10 bits per heavy atom. The van der Waals surface area contributed by atoms with Gasteiger partial charge >= 0.3 is 0 Å². The van der Waals surface area contributed by atoms with Gasteiger partial charge in [0.05, 0.1) is 13.8 Å². The Labute approximate surface area is 193 Å². The summed E-state index contributed by atoms with van der Waals surface area (Å²) >= 11 is 2.14. The van der Waals surface area contributed by atoms with Crippen LogP contribution in [-0.4, -0.2) is 31.3 Å². The Balaban J connectivity index is 0.000000161. The average Bonchev–Trinajstić information content (AvgIpc) is 3.36. The summed E-state index contributed by atoms with van der Waals surface area (Å²) in [4.78, 5) is 11.5. The first-order chi connectivity index (χ1) is 14.9. The lowest BCUT2D eigenvalue weighted by Gasteiger charge is -1.92. The number of pyridine rings is 3. The van der Waals surface area contributed by atoms with E-state index < -0.39 is 0 Å². The first kappa shape index (κ1) is 24.6. The van der Waals surface area contributed by atoms with Crippen LogP contribution in [-0.2, 0) is 0 Å². The Bertz CT molecular complexity index is 1230. The first-order valence-electron chi connectivity index (χ1n) is 8.49. The number of nitrogen functional groups attached to an aromatic ring is 1. The van der Waals surface area contributed by atoms with Crippen LogP contribution >= 0.6 is 31.7 Å². The minimum absolute atomic E-state index is 0.213. The van der Waals surface area contributed by atoms with Crippen LogP contribution in [0.3, 0.4) is 0 Å². The molecule has 0 amide bonds. The van der Waals surface area contributed by atoms with E-state index in [1.54, 1.807) is 35.4 Å². The Kier molecular flexibility index (Phi) is 9.73. The van der Waals surface area contributed by atoms with Crippen LogP contribution < -0.4 is 5.73 Å². The van der Waals surface area contributed by atoms with Crippen LogP contribution in [0.25, 0.3) is 11.3 Å². The van der Waals surface area contributed by atoms with Crippen LogP contribution in [0, 0.1) is 21.2 Å². The number of nitrogens with two attached hydrogens (primary N) is 1. The third-order valence-electron chi connectivity index (χ3n) is 3.53. The fraction of sp³-hybridized carbons (Fsp3) is 0. The lowest BCUT2D eigenvalue weighted by atomic mass is 10.4. The number of hydrogen-bond acceptors (Lipinski definition) is 4. The summed E-state index contributed by atoms with van der Waals surface area (Å²) in [7, 11) is 6.33. The molecule has 0 aliphatic heterocycles. The number of anilines is 1. The van der Waals surface area contributed by atoms with Crippen molar-refractivity contribution >= 4 is 56.4 Å². The highest BCUT2D eigenvalue weighted by Gasteiger charge is 1.99. The van der Waals surface area contributed by atoms with E-state index in [0.717, 1.165) is 3.70 Å². The van der Waals surface area contributed by atoms with Crippen molar-refractivity contribution < 1.29 is 13.2 Å². The van der Waals surface area contributed by atoms with Gasteiger partial charge in [0.1, 0.15) is 38.3 Å². The summed E-state index contributed by atoms with van der Waals surface area (Å²) in [6.07, 6.45) is 9.74. The van der Waals surface area contributed by atoms with Gasteiger partial charge in [-0.25, -0.2) is 28.1 Å². The molecule has 0 aromatic carbocycles. The standard InChI is InChI=1S/C7H4FIN2.C7H5FN2.C5H5FN2.BH2P/c8-5-1-2-11-6(9)4-10-7(11)3-5;8-6-1-3-10-4-2-9-7(10)5-6;6-4-1-2-8-5(7)3-4;1-2/h1-4H;1-5H;1-3H,(H2,7,8);2H2. The fourth-order valence-corrected chi connectivity index (χ4v) is 2.78. The molecule has 5 aromatic rings. The summed E-state index contributed by atoms with van der Waals surface area (Å²) in [6, 6.07) is 8.02. The number of aromatic nitrogens is 5. The second-order valence-corrected chi connectivity index (χ2v) is 6.70. The second kappa shape index (κ2) is 12.3. The van der Waals surface area contributed by atoms with Crippen LogP contribution in [0.4, 0.5) is 19.0 Å². The molecule has 31 heavy (non-hydrogen) atoms. The van der Waals surface area contributed by atoms with Gasteiger partial charge in [0.25, 0.3) is 0 Å². The number of fused-ring (bicyclic) bond motifs is 2. The minimum atomic E-state index is -0.350. The van der Waals surface area contributed by atoms with Crippen LogP contribution in [0.15, 0.2) is 73.6 Å². The molecule has 0 aliphatic carbocycles. The monoisotopic (exact) mass is 554 g/mol. The SMILES string of the molecule is Fc1ccn2c(I)cnc2c1.Fc1ccn2ccnc2c1.Nc1cc(F)ccn1.[B]P. The normalized spacial score (nSPS) is 9.71. The molecule has 1 atom stereocenters. The van der Waals surface area contributed by atoms with Crippen LogP contribution in [0.2, 0.25) is 0 Å². The molecular weight excluding hydrogens is 538 g/mol. The smallest absolute Gasteiger partial charge is 0.140 e. The molecule has 0 saturated carbocycles. The molecule has 2 radical (unpaired) electrons. The molecule has 0 spiro atoms. The number of halogens is 4. The number of hydrogen-bond donors (Lipinski definition) is 1. The minimum Gasteiger partial charge on any atom is -0.384 e. The van der Waals surface area contributed by atoms with Gasteiger partial charge in [-0.15, -0.1) is 0 Å². The highest BCUT2D eigenvalue weighted by molar-refractivity contribution is 14.1. The maximum absolute atomic E-state index is 12.6. The van der Waals surface area contributed by atoms with Gasteiger partial charge in [-0.3, -0.25) is 4.40 Å². The molecule has 2 N–H and O–H groups in total. The Hall–Kier alpha value is -2.66. The van der Waals surface area contributed by atoms with Gasteiger partial charge in [0, 0.05) is 49.2 Å². The molecule has 158 valence electrons. The summed E-state index contributed by atoms with van der Waals surface area (Å²) in [5, 5.41) is 0. The van der Waals surface area contributed by atoms with Crippen molar-refractivity contribution in [1.82, 2.24) is 23.8 Å². The largest absolute Gasteiger partial charge is 0.384 e. The Morgan fingerprint density at radius 1 is 0.806 bits per heavy atom. The van der Waals surface area contributed by atoms with E-state index >= 15 is 0 Å². The maximum Gasteiger partial charge on any atom is 0.140 e. The van der Waals surface area contributed by atoms with E-state index in [1.165, 1.54) is 42.6 Å². The molecule has 0 fully saturated rings. The van der Waals surface area contributed by atoms with Gasteiger partial charge in [0.2, 0.25) is 0 Å². The number of imidazole rings is 2. The average molecular weight is 554 g/mol. The highest BCUT2D eigenvalue weighted by atomic mass is 127. The van der Waals surface area contributed by atoms with Crippen molar-refractivity contribution in [2.75, 3.05) is 5.73 Å². The van der Waals surface area contributed by atoms with Crippen molar-refractivity contribution in [3.63, 3.8) is 0 Å². The highest BCUT2D eigenvalue weighted by Crippen LogP contribution is 2.09. The second-order valence-electron chi connectivity index (χ2n) is 5.59. The summed E-state index contributed by atoms with van der Waals surface area (Å²) in [5.74, 6) is -0.638.